The Morgan fingerprint density at radius 2 is 1.96 bits per heavy atom. The molecule has 1 aliphatic rings. The Hall–Kier alpha value is -2.61. The highest BCUT2D eigenvalue weighted by Gasteiger charge is 2.30. The molecule has 1 amide bonds. The maximum atomic E-state index is 12.8. The monoisotopic (exact) mass is 363 g/mol. The van der Waals surface area contributed by atoms with Crippen LogP contribution in [-0.4, -0.2) is 57.4 Å². The first-order valence-corrected chi connectivity index (χ1v) is 8.42. The molecule has 0 spiro atoms. The first-order valence-electron chi connectivity index (χ1n) is 8.42. The van der Waals surface area contributed by atoms with E-state index in [0.29, 0.717) is 18.8 Å². The summed E-state index contributed by atoms with van der Waals surface area (Å²) in [4.78, 5) is 38.0. The number of nitrogens with one attached hydrogen (secondary N) is 2. The lowest BCUT2D eigenvalue weighted by Crippen LogP contribution is -2.44. The number of nitrogens with zero attached hydrogens (tertiary/aromatic N) is 1. The second-order valence-electron chi connectivity index (χ2n) is 6.43. The molecule has 1 fully saturated rings. The number of carbonyl (C=O) groups is 3. The SMILES string of the molecule is COC(=O)NC(C(=O)c1cccc(N2CNC(C(=O)OC)C2)c1)C(C)C. The molecule has 0 saturated carbocycles. The third-order valence-corrected chi connectivity index (χ3v) is 4.32. The van der Waals surface area contributed by atoms with E-state index in [1.165, 1.54) is 14.2 Å². The molecular weight excluding hydrogens is 338 g/mol. The second-order valence-corrected chi connectivity index (χ2v) is 6.43. The van der Waals surface area contributed by atoms with Crippen LogP contribution in [0.1, 0.15) is 24.2 Å². The van der Waals surface area contributed by atoms with E-state index in [1.54, 1.807) is 18.2 Å². The average molecular weight is 363 g/mol. The molecule has 142 valence electrons. The molecule has 1 aromatic carbocycles. The van der Waals surface area contributed by atoms with Gasteiger partial charge in [0.2, 0.25) is 0 Å². The number of methoxy groups -OCH3 is 2. The zero-order chi connectivity index (χ0) is 19.3. The van der Waals surface area contributed by atoms with Crippen molar-refractivity contribution < 1.29 is 23.9 Å². The number of hydrogen-bond donors (Lipinski definition) is 2. The van der Waals surface area contributed by atoms with E-state index in [4.69, 9.17) is 4.74 Å². The largest absolute Gasteiger partial charge is 0.468 e. The van der Waals surface area contributed by atoms with E-state index in [1.807, 2.05) is 24.8 Å². The summed E-state index contributed by atoms with van der Waals surface area (Å²) in [7, 11) is 2.61. The van der Waals surface area contributed by atoms with Crippen molar-refractivity contribution >= 4 is 23.5 Å². The summed E-state index contributed by atoms with van der Waals surface area (Å²) in [5.74, 6) is -0.604. The van der Waals surface area contributed by atoms with Crippen molar-refractivity contribution in [3.8, 4) is 0 Å². The summed E-state index contributed by atoms with van der Waals surface area (Å²) in [6.45, 7) is 4.64. The summed E-state index contributed by atoms with van der Waals surface area (Å²) >= 11 is 0. The first-order chi connectivity index (χ1) is 12.4. The van der Waals surface area contributed by atoms with Gasteiger partial charge in [0.1, 0.15) is 6.04 Å². The molecule has 2 unspecified atom stereocenters. The molecule has 0 radical (unpaired) electrons. The third kappa shape index (κ3) is 4.51. The van der Waals surface area contributed by atoms with Crippen molar-refractivity contribution in [2.24, 2.45) is 5.92 Å². The smallest absolute Gasteiger partial charge is 0.407 e. The lowest BCUT2D eigenvalue weighted by Gasteiger charge is -2.22. The van der Waals surface area contributed by atoms with Crippen molar-refractivity contribution in [3.63, 3.8) is 0 Å². The fraction of sp³-hybridized carbons (Fsp3) is 0.500. The molecule has 8 heteroatoms. The van der Waals surface area contributed by atoms with Crippen LogP contribution in [0.2, 0.25) is 0 Å². The molecule has 1 heterocycles. The Kier molecular flexibility index (Phi) is 6.57. The lowest BCUT2D eigenvalue weighted by molar-refractivity contribution is -0.142. The van der Waals surface area contributed by atoms with E-state index in [2.05, 4.69) is 15.4 Å². The molecular formula is C18H25N3O5. The highest BCUT2D eigenvalue weighted by molar-refractivity contribution is 6.02. The number of rotatable bonds is 6. The average Bonchev–Trinajstić information content (AvgIpc) is 3.14. The zero-order valence-corrected chi connectivity index (χ0v) is 15.4. The van der Waals surface area contributed by atoms with Gasteiger partial charge in [-0.05, 0) is 18.1 Å². The molecule has 2 rings (SSSR count). The summed E-state index contributed by atoms with van der Waals surface area (Å²) in [6, 6.07) is 6.04. The first kappa shape index (κ1) is 19.7. The van der Waals surface area contributed by atoms with E-state index >= 15 is 0 Å². The van der Waals surface area contributed by atoms with Gasteiger partial charge in [-0.2, -0.15) is 0 Å². The second kappa shape index (κ2) is 8.66. The topological polar surface area (TPSA) is 97.0 Å². The third-order valence-electron chi connectivity index (χ3n) is 4.32. The van der Waals surface area contributed by atoms with Gasteiger partial charge in [-0.1, -0.05) is 26.0 Å². The van der Waals surface area contributed by atoms with Crippen LogP contribution in [0.3, 0.4) is 0 Å². The number of anilines is 1. The zero-order valence-electron chi connectivity index (χ0n) is 15.4. The van der Waals surface area contributed by atoms with Crippen molar-refractivity contribution in [2.75, 3.05) is 32.3 Å². The van der Waals surface area contributed by atoms with E-state index < -0.39 is 18.2 Å². The molecule has 0 aliphatic carbocycles. The van der Waals surface area contributed by atoms with Crippen LogP contribution in [0.15, 0.2) is 24.3 Å². The van der Waals surface area contributed by atoms with Gasteiger partial charge < -0.3 is 19.7 Å². The van der Waals surface area contributed by atoms with Crippen LogP contribution in [0.25, 0.3) is 0 Å². The molecule has 1 saturated heterocycles. The molecule has 1 aliphatic heterocycles. The van der Waals surface area contributed by atoms with Crippen molar-refractivity contribution in [2.45, 2.75) is 25.9 Å². The van der Waals surface area contributed by atoms with E-state index in [9.17, 15) is 14.4 Å². The van der Waals surface area contributed by atoms with Crippen molar-refractivity contribution in [1.29, 1.82) is 0 Å². The number of amides is 1. The quantitative estimate of drug-likeness (QED) is 0.578. The predicted octanol–water partition coefficient (Wildman–Crippen LogP) is 1.16. The fourth-order valence-corrected chi connectivity index (χ4v) is 2.82. The number of benzene rings is 1. The Morgan fingerprint density at radius 1 is 1.23 bits per heavy atom. The Morgan fingerprint density at radius 3 is 2.58 bits per heavy atom. The summed E-state index contributed by atoms with van der Waals surface area (Å²) < 4.78 is 9.36. The minimum Gasteiger partial charge on any atom is -0.468 e. The molecule has 0 aromatic heterocycles. The number of hydrogen-bond acceptors (Lipinski definition) is 7. The molecule has 26 heavy (non-hydrogen) atoms. The van der Waals surface area contributed by atoms with Gasteiger partial charge in [0.25, 0.3) is 0 Å². The van der Waals surface area contributed by atoms with Crippen LogP contribution < -0.4 is 15.5 Å². The van der Waals surface area contributed by atoms with Crippen LogP contribution in [0.5, 0.6) is 0 Å². The number of ether oxygens (including phenoxy) is 2. The van der Waals surface area contributed by atoms with Gasteiger partial charge in [0.05, 0.1) is 26.9 Å². The summed E-state index contributed by atoms with van der Waals surface area (Å²) in [5, 5.41) is 5.66. The maximum absolute atomic E-state index is 12.8. The number of esters is 1. The Labute approximate surface area is 152 Å². The molecule has 2 atom stereocenters. The Balaban J connectivity index is 2.16. The number of alkyl carbamates (subject to hydrolysis) is 1. The van der Waals surface area contributed by atoms with Crippen LogP contribution in [0, 0.1) is 5.92 Å². The lowest BCUT2D eigenvalue weighted by atomic mass is 9.95. The highest BCUT2D eigenvalue weighted by atomic mass is 16.5. The van der Waals surface area contributed by atoms with Crippen molar-refractivity contribution in [1.82, 2.24) is 10.6 Å². The molecule has 8 nitrogen and oxygen atoms in total. The van der Waals surface area contributed by atoms with Crippen LogP contribution >= 0.6 is 0 Å². The van der Waals surface area contributed by atoms with Gasteiger partial charge in [-0.25, -0.2) is 4.79 Å². The number of carbonyl (C=O) groups excluding carboxylic acids is 3. The van der Waals surface area contributed by atoms with E-state index in [0.717, 1.165) is 5.69 Å². The Bertz CT molecular complexity index is 677. The predicted molar refractivity (Wildman–Crippen MR) is 96.1 cm³/mol. The van der Waals surface area contributed by atoms with E-state index in [-0.39, 0.29) is 17.7 Å². The van der Waals surface area contributed by atoms with Gasteiger partial charge in [0.15, 0.2) is 5.78 Å². The summed E-state index contributed by atoms with van der Waals surface area (Å²) in [5.41, 5.74) is 1.30. The van der Waals surface area contributed by atoms with Gasteiger partial charge in [0, 0.05) is 17.8 Å². The summed E-state index contributed by atoms with van der Waals surface area (Å²) in [6.07, 6.45) is -0.641. The molecule has 0 bridgehead atoms. The van der Waals surface area contributed by atoms with Gasteiger partial charge in [-0.15, -0.1) is 0 Å². The minimum atomic E-state index is -0.683. The standard InChI is InChI=1S/C18H25N3O5/c1-11(2)15(20-18(24)26-4)16(22)12-6-5-7-13(8-12)21-9-14(19-10-21)17(23)25-3/h5-8,11,14-15,19H,9-10H2,1-4H3,(H,20,24). The minimum absolute atomic E-state index is 0.0950. The number of Topliss-reactive ketones (excluding diaryl/α,β-unsaturated/α-hetero) is 1. The fourth-order valence-electron chi connectivity index (χ4n) is 2.82. The van der Waals surface area contributed by atoms with Gasteiger partial charge in [-0.3, -0.25) is 14.9 Å². The normalized spacial score (nSPS) is 17.7. The van der Waals surface area contributed by atoms with Crippen molar-refractivity contribution in [3.05, 3.63) is 29.8 Å². The number of ketones is 1. The highest BCUT2D eigenvalue weighted by Crippen LogP contribution is 2.21. The van der Waals surface area contributed by atoms with Crippen LogP contribution in [-0.2, 0) is 14.3 Å². The molecule has 2 N–H and O–H groups in total. The maximum Gasteiger partial charge on any atom is 0.407 e. The van der Waals surface area contributed by atoms with Gasteiger partial charge >= 0.3 is 12.1 Å². The molecule has 1 aromatic rings. The van der Waals surface area contributed by atoms with Crippen LogP contribution in [0.4, 0.5) is 10.5 Å².